The standard InChI is InChI=1S/C23H30N2O3/c1-7-8-9-28-21-10-17-12-23(6,14(2)3)25-13-18(16(5)26)20(27)11-19(25)22(17)24-15(21)4/h10-11,13-14H,7-9,12H2,1-6H3. The van der Waals surface area contributed by atoms with Gasteiger partial charge >= 0.3 is 0 Å². The maximum absolute atomic E-state index is 12.6. The summed E-state index contributed by atoms with van der Waals surface area (Å²) in [6.07, 6.45) is 4.58. The van der Waals surface area contributed by atoms with Gasteiger partial charge < -0.3 is 9.30 Å². The quantitative estimate of drug-likeness (QED) is 0.544. The third kappa shape index (κ3) is 3.38. The maximum atomic E-state index is 12.6. The average Bonchev–Trinajstić information content (AvgIpc) is 2.62. The first-order valence-electron chi connectivity index (χ1n) is 10.1. The van der Waals surface area contributed by atoms with Gasteiger partial charge in [-0.15, -0.1) is 0 Å². The van der Waals surface area contributed by atoms with Crippen molar-refractivity contribution in [1.82, 2.24) is 9.55 Å². The second-order valence-electron chi connectivity index (χ2n) is 8.33. The lowest BCUT2D eigenvalue weighted by atomic mass is 9.78. The molecule has 2 aromatic heterocycles. The van der Waals surface area contributed by atoms with E-state index in [2.05, 4.69) is 38.3 Å². The number of ketones is 1. The molecule has 5 heteroatoms. The maximum Gasteiger partial charge on any atom is 0.193 e. The zero-order valence-corrected chi connectivity index (χ0v) is 17.8. The molecule has 1 aliphatic heterocycles. The Morgan fingerprint density at radius 1 is 1.36 bits per heavy atom. The third-order valence-corrected chi connectivity index (χ3v) is 6.02. The third-order valence-electron chi connectivity index (χ3n) is 6.02. The largest absolute Gasteiger partial charge is 0.492 e. The average molecular weight is 383 g/mol. The minimum atomic E-state index is -0.266. The molecule has 0 saturated carbocycles. The molecule has 0 radical (unpaired) electrons. The van der Waals surface area contributed by atoms with Crippen LogP contribution in [0.15, 0.2) is 23.1 Å². The molecule has 3 rings (SSSR count). The van der Waals surface area contributed by atoms with Gasteiger partial charge in [0.25, 0.3) is 0 Å². The van der Waals surface area contributed by atoms with Gasteiger partial charge in [-0.25, -0.2) is 4.98 Å². The number of Topliss-reactive ketones (excluding diaryl/α,β-unsaturated/α-hetero) is 1. The van der Waals surface area contributed by atoms with Crippen molar-refractivity contribution in [3.63, 3.8) is 0 Å². The molecule has 0 N–H and O–H groups in total. The van der Waals surface area contributed by atoms with Gasteiger partial charge in [-0.2, -0.15) is 0 Å². The van der Waals surface area contributed by atoms with Crippen molar-refractivity contribution in [2.24, 2.45) is 5.92 Å². The molecule has 0 saturated heterocycles. The highest BCUT2D eigenvalue weighted by Gasteiger charge is 2.38. The molecule has 2 aromatic rings. The van der Waals surface area contributed by atoms with E-state index in [4.69, 9.17) is 9.72 Å². The molecule has 150 valence electrons. The van der Waals surface area contributed by atoms with E-state index in [9.17, 15) is 9.59 Å². The molecule has 0 spiro atoms. The molecule has 28 heavy (non-hydrogen) atoms. The number of hydrogen-bond acceptors (Lipinski definition) is 4. The number of fused-ring (bicyclic) bond motifs is 3. The molecule has 3 heterocycles. The molecule has 0 amide bonds. The number of nitrogens with zero attached hydrogens (tertiary/aromatic N) is 2. The molecule has 0 aliphatic carbocycles. The molecular weight excluding hydrogens is 352 g/mol. The van der Waals surface area contributed by atoms with Gasteiger partial charge in [0, 0.05) is 17.8 Å². The van der Waals surface area contributed by atoms with Crippen molar-refractivity contribution in [2.75, 3.05) is 6.61 Å². The fourth-order valence-electron chi connectivity index (χ4n) is 3.81. The number of unbranched alkanes of at least 4 members (excludes halogenated alkanes) is 1. The van der Waals surface area contributed by atoms with Crippen molar-refractivity contribution >= 4 is 5.78 Å². The van der Waals surface area contributed by atoms with E-state index >= 15 is 0 Å². The van der Waals surface area contributed by atoms with E-state index < -0.39 is 0 Å². The van der Waals surface area contributed by atoms with Crippen LogP contribution in [0.25, 0.3) is 11.4 Å². The van der Waals surface area contributed by atoms with E-state index in [1.54, 1.807) is 12.3 Å². The topological polar surface area (TPSA) is 61.2 Å². The minimum absolute atomic E-state index is 0.207. The first kappa shape index (κ1) is 20.3. The summed E-state index contributed by atoms with van der Waals surface area (Å²) in [5.41, 5.74) is 3.20. The van der Waals surface area contributed by atoms with Crippen LogP contribution in [0.1, 0.15) is 69.1 Å². The lowest BCUT2D eigenvalue weighted by Gasteiger charge is -2.42. The van der Waals surface area contributed by atoms with Crippen molar-refractivity contribution in [3.05, 3.63) is 45.4 Å². The van der Waals surface area contributed by atoms with Crippen LogP contribution in [0.3, 0.4) is 0 Å². The van der Waals surface area contributed by atoms with Crippen LogP contribution in [0.4, 0.5) is 0 Å². The summed E-state index contributed by atoms with van der Waals surface area (Å²) in [5, 5.41) is 0. The summed E-state index contributed by atoms with van der Waals surface area (Å²) in [5.74, 6) is 0.906. The SMILES string of the molecule is CCCCOc1cc2c(nc1C)-c1cc(=O)c(C(C)=O)cn1C(C)(C(C)C)C2. The predicted octanol–water partition coefficient (Wildman–Crippen LogP) is 4.53. The first-order valence-corrected chi connectivity index (χ1v) is 10.1. The second kappa shape index (κ2) is 7.53. The van der Waals surface area contributed by atoms with E-state index in [0.29, 0.717) is 12.5 Å². The molecule has 1 unspecified atom stereocenters. The zero-order valence-electron chi connectivity index (χ0n) is 17.8. The highest BCUT2D eigenvalue weighted by atomic mass is 16.5. The summed E-state index contributed by atoms with van der Waals surface area (Å²) in [4.78, 5) is 29.3. The Morgan fingerprint density at radius 3 is 2.68 bits per heavy atom. The fourth-order valence-corrected chi connectivity index (χ4v) is 3.81. The monoisotopic (exact) mass is 382 g/mol. The van der Waals surface area contributed by atoms with Gasteiger partial charge in [-0.1, -0.05) is 27.2 Å². The molecular formula is C23H30N2O3. The van der Waals surface area contributed by atoms with Gasteiger partial charge in [0.2, 0.25) is 0 Å². The molecule has 1 atom stereocenters. The van der Waals surface area contributed by atoms with Crippen molar-refractivity contribution in [3.8, 4) is 17.1 Å². The lowest BCUT2D eigenvalue weighted by Crippen LogP contribution is -2.43. The summed E-state index contributed by atoms with van der Waals surface area (Å²) < 4.78 is 8.04. The highest BCUT2D eigenvalue weighted by molar-refractivity contribution is 5.94. The van der Waals surface area contributed by atoms with Crippen LogP contribution < -0.4 is 10.2 Å². The number of carbonyl (C=O) groups excluding carboxylic acids is 1. The number of pyridine rings is 2. The molecule has 1 aliphatic rings. The van der Waals surface area contributed by atoms with E-state index in [-0.39, 0.29) is 22.3 Å². The Bertz CT molecular complexity index is 975. The second-order valence-corrected chi connectivity index (χ2v) is 8.33. The number of rotatable bonds is 6. The van der Waals surface area contributed by atoms with Crippen molar-refractivity contribution < 1.29 is 9.53 Å². The summed E-state index contributed by atoms with van der Waals surface area (Å²) in [7, 11) is 0. The Hall–Kier alpha value is -2.43. The van der Waals surface area contributed by atoms with Crippen LogP contribution in [0.5, 0.6) is 5.75 Å². The van der Waals surface area contributed by atoms with Crippen molar-refractivity contribution in [1.29, 1.82) is 0 Å². The number of aromatic nitrogens is 2. The summed E-state index contributed by atoms with van der Waals surface area (Å²) in [6.45, 7) is 12.7. The van der Waals surface area contributed by atoms with Crippen molar-refractivity contribution in [2.45, 2.75) is 66.3 Å². The van der Waals surface area contributed by atoms with Crippen LogP contribution >= 0.6 is 0 Å². The molecule has 0 aromatic carbocycles. The van der Waals surface area contributed by atoms with Crippen LogP contribution in [-0.2, 0) is 12.0 Å². The predicted molar refractivity (Wildman–Crippen MR) is 111 cm³/mol. The Kier molecular flexibility index (Phi) is 5.46. The van der Waals surface area contributed by atoms with Crippen LogP contribution in [0.2, 0.25) is 0 Å². The molecule has 0 bridgehead atoms. The summed E-state index contributed by atoms with van der Waals surface area (Å²) >= 11 is 0. The van der Waals surface area contributed by atoms with E-state index in [1.807, 2.05) is 6.92 Å². The van der Waals surface area contributed by atoms with Gasteiger partial charge in [-0.3, -0.25) is 9.59 Å². The Morgan fingerprint density at radius 2 is 2.07 bits per heavy atom. The van der Waals surface area contributed by atoms with Gasteiger partial charge in [0.15, 0.2) is 11.2 Å². The fraction of sp³-hybridized carbons (Fsp3) is 0.522. The number of aryl methyl sites for hydroxylation is 1. The van der Waals surface area contributed by atoms with Crippen LogP contribution in [0, 0.1) is 12.8 Å². The lowest BCUT2D eigenvalue weighted by molar-refractivity contribution is 0.101. The van der Waals surface area contributed by atoms with Gasteiger partial charge in [0.1, 0.15) is 5.75 Å². The van der Waals surface area contributed by atoms with E-state index in [0.717, 1.165) is 47.7 Å². The molecule has 5 nitrogen and oxygen atoms in total. The summed E-state index contributed by atoms with van der Waals surface area (Å²) in [6, 6.07) is 3.65. The van der Waals surface area contributed by atoms with Crippen LogP contribution in [-0.4, -0.2) is 21.9 Å². The first-order chi connectivity index (χ1) is 13.2. The number of hydrogen-bond donors (Lipinski definition) is 0. The van der Waals surface area contributed by atoms with E-state index in [1.165, 1.54) is 6.92 Å². The smallest absolute Gasteiger partial charge is 0.193 e. The Labute approximate surface area is 166 Å². The highest BCUT2D eigenvalue weighted by Crippen LogP contribution is 2.42. The Balaban J connectivity index is 2.21. The normalized spacial score (nSPS) is 18.0. The molecule has 0 fully saturated rings. The van der Waals surface area contributed by atoms with Gasteiger partial charge in [-0.05, 0) is 51.2 Å². The minimum Gasteiger partial charge on any atom is -0.492 e. The zero-order chi connectivity index (χ0) is 20.6. The number of carbonyl (C=O) groups is 1. The number of ether oxygens (including phenoxy) is 1. The van der Waals surface area contributed by atoms with Gasteiger partial charge in [0.05, 0.1) is 29.3 Å².